The summed E-state index contributed by atoms with van der Waals surface area (Å²) in [4.78, 5) is 28.6. The summed E-state index contributed by atoms with van der Waals surface area (Å²) < 4.78 is 0. The van der Waals surface area contributed by atoms with E-state index in [1.165, 1.54) is 0 Å². The SMILES string of the molecule is CC(=O)N[C@H]1CC(C)(C)[C@@H]2C[C@@](C)(O)CC[C@]12CCC(=O)NCc1cccnc1. The average molecular weight is 402 g/mol. The Kier molecular flexibility index (Phi) is 6.04. The van der Waals surface area contributed by atoms with Gasteiger partial charge in [-0.25, -0.2) is 0 Å². The van der Waals surface area contributed by atoms with Gasteiger partial charge in [0.15, 0.2) is 0 Å². The second-order valence-corrected chi connectivity index (χ2v) is 10.1. The zero-order valence-electron chi connectivity index (χ0n) is 18.1. The molecule has 3 rings (SSSR count). The van der Waals surface area contributed by atoms with Gasteiger partial charge in [-0.15, -0.1) is 0 Å². The number of rotatable bonds is 6. The highest BCUT2D eigenvalue weighted by Crippen LogP contribution is 2.63. The number of hydrogen-bond donors (Lipinski definition) is 3. The summed E-state index contributed by atoms with van der Waals surface area (Å²) in [7, 11) is 0. The van der Waals surface area contributed by atoms with Crippen LogP contribution in [0.2, 0.25) is 0 Å². The Hall–Kier alpha value is -1.95. The molecule has 1 heterocycles. The van der Waals surface area contributed by atoms with E-state index < -0.39 is 5.60 Å². The highest BCUT2D eigenvalue weighted by molar-refractivity contribution is 5.76. The summed E-state index contributed by atoms with van der Waals surface area (Å²) in [6, 6.07) is 3.84. The number of pyridine rings is 1. The van der Waals surface area contributed by atoms with Gasteiger partial charge in [0.2, 0.25) is 11.8 Å². The first-order chi connectivity index (χ1) is 13.5. The van der Waals surface area contributed by atoms with Crippen molar-refractivity contribution in [1.82, 2.24) is 15.6 Å². The molecule has 2 aliphatic rings. The van der Waals surface area contributed by atoms with Gasteiger partial charge in [-0.05, 0) is 67.4 Å². The predicted octanol–water partition coefficient (Wildman–Crippen LogP) is 2.95. The summed E-state index contributed by atoms with van der Waals surface area (Å²) in [5.41, 5.74) is 0.148. The van der Waals surface area contributed by atoms with Crippen LogP contribution in [0.4, 0.5) is 0 Å². The van der Waals surface area contributed by atoms with Crippen molar-refractivity contribution in [3.8, 4) is 0 Å². The van der Waals surface area contributed by atoms with E-state index in [9.17, 15) is 14.7 Å². The van der Waals surface area contributed by atoms with E-state index in [0.717, 1.165) is 24.8 Å². The second-order valence-electron chi connectivity index (χ2n) is 10.1. The van der Waals surface area contributed by atoms with Crippen molar-refractivity contribution in [2.75, 3.05) is 0 Å². The average Bonchev–Trinajstić information content (AvgIpc) is 2.85. The maximum atomic E-state index is 12.6. The molecular weight excluding hydrogens is 366 g/mol. The van der Waals surface area contributed by atoms with Gasteiger partial charge in [-0.3, -0.25) is 14.6 Å². The molecular formula is C23H35N3O3. The maximum absolute atomic E-state index is 12.6. The molecule has 0 spiro atoms. The third kappa shape index (κ3) is 4.80. The van der Waals surface area contributed by atoms with Crippen molar-refractivity contribution in [1.29, 1.82) is 0 Å². The van der Waals surface area contributed by atoms with Crippen molar-refractivity contribution < 1.29 is 14.7 Å². The van der Waals surface area contributed by atoms with Gasteiger partial charge >= 0.3 is 0 Å². The van der Waals surface area contributed by atoms with Gasteiger partial charge in [0.05, 0.1) is 5.60 Å². The van der Waals surface area contributed by atoms with Crippen molar-refractivity contribution in [2.45, 2.75) is 84.4 Å². The molecule has 0 bridgehead atoms. The molecule has 0 saturated heterocycles. The van der Waals surface area contributed by atoms with Crippen molar-refractivity contribution in [3.05, 3.63) is 30.1 Å². The van der Waals surface area contributed by atoms with Gasteiger partial charge in [-0.1, -0.05) is 19.9 Å². The number of nitrogens with zero attached hydrogens (tertiary/aromatic N) is 1. The maximum Gasteiger partial charge on any atom is 0.220 e. The van der Waals surface area contributed by atoms with Crippen LogP contribution in [0.1, 0.15) is 71.8 Å². The Bertz CT molecular complexity index is 747. The first kappa shape index (κ1) is 21.8. The lowest BCUT2D eigenvalue weighted by atomic mass is 9.57. The van der Waals surface area contributed by atoms with Crippen molar-refractivity contribution >= 4 is 11.8 Å². The summed E-state index contributed by atoms with van der Waals surface area (Å²) in [6.07, 6.45) is 7.74. The minimum Gasteiger partial charge on any atom is -0.390 e. The molecule has 6 nitrogen and oxygen atoms in total. The standard InChI is InChI=1S/C23H35N3O3/c1-16(27)26-19-13-21(2,3)18-12-22(4,29)9-10-23(18,19)8-7-20(28)25-15-17-6-5-11-24-14-17/h5-6,11,14,18-19,29H,7-10,12-13,15H2,1-4H3,(H,25,28)(H,26,27)/t18-,19-,22-,23-/m0/s1. The molecule has 0 aliphatic heterocycles. The van der Waals surface area contributed by atoms with Gasteiger partial charge in [0, 0.05) is 38.3 Å². The minimum absolute atomic E-state index is 0.00368. The predicted molar refractivity (Wildman–Crippen MR) is 112 cm³/mol. The lowest BCUT2D eigenvalue weighted by molar-refractivity contribution is -0.124. The Labute approximate surface area is 173 Å². The molecule has 0 aromatic carbocycles. The molecule has 3 N–H and O–H groups in total. The summed E-state index contributed by atoms with van der Waals surface area (Å²) in [5.74, 6) is 0.261. The molecule has 160 valence electrons. The van der Waals surface area contributed by atoms with E-state index in [4.69, 9.17) is 0 Å². The fourth-order valence-corrected chi connectivity index (χ4v) is 5.82. The molecule has 2 fully saturated rings. The topological polar surface area (TPSA) is 91.3 Å². The van der Waals surface area contributed by atoms with Gasteiger partial charge in [0.1, 0.15) is 0 Å². The third-order valence-electron chi connectivity index (χ3n) is 7.24. The van der Waals surface area contributed by atoms with E-state index in [1.807, 2.05) is 19.1 Å². The van der Waals surface area contributed by atoms with E-state index in [0.29, 0.717) is 25.8 Å². The fraction of sp³-hybridized carbons (Fsp3) is 0.696. The van der Waals surface area contributed by atoms with Crippen LogP contribution in [0, 0.1) is 16.7 Å². The number of hydrogen-bond acceptors (Lipinski definition) is 4. The van der Waals surface area contributed by atoms with E-state index in [2.05, 4.69) is 29.5 Å². The Morgan fingerprint density at radius 3 is 2.66 bits per heavy atom. The minimum atomic E-state index is -0.681. The molecule has 2 aliphatic carbocycles. The zero-order valence-corrected chi connectivity index (χ0v) is 18.1. The molecule has 1 aromatic heterocycles. The Morgan fingerprint density at radius 2 is 2.00 bits per heavy atom. The molecule has 0 radical (unpaired) electrons. The van der Waals surface area contributed by atoms with Crippen molar-refractivity contribution in [2.24, 2.45) is 16.7 Å². The van der Waals surface area contributed by atoms with Crippen LogP contribution in [0.3, 0.4) is 0 Å². The van der Waals surface area contributed by atoms with Gasteiger partial charge in [0.25, 0.3) is 0 Å². The quantitative estimate of drug-likeness (QED) is 0.683. The fourth-order valence-electron chi connectivity index (χ4n) is 5.82. The normalized spacial score (nSPS) is 33.0. The highest BCUT2D eigenvalue weighted by atomic mass is 16.3. The largest absolute Gasteiger partial charge is 0.390 e. The van der Waals surface area contributed by atoms with Crippen molar-refractivity contribution in [3.63, 3.8) is 0 Å². The van der Waals surface area contributed by atoms with Crippen LogP contribution in [0.5, 0.6) is 0 Å². The molecule has 6 heteroatoms. The lowest BCUT2D eigenvalue weighted by Crippen LogP contribution is -2.52. The van der Waals surface area contributed by atoms with E-state index in [1.54, 1.807) is 19.3 Å². The first-order valence-corrected chi connectivity index (χ1v) is 10.7. The number of aliphatic hydroxyl groups is 1. The smallest absolute Gasteiger partial charge is 0.220 e. The zero-order chi connectivity index (χ0) is 21.3. The van der Waals surface area contributed by atoms with Crippen LogP contribution in [-0.2, 0) is 16.1 Å². The highest BCUT2D eigenvalue weighted by Gasteiger charge is 2.61. The molecule has 1 aromatic rings. The van der Waals surface area contributed by atoms with Crippen LogP contribution in [0.25, 0.3) is 0 Å². The number of aromatic nitrogens is 1. The number of fused-ring (bicyclic) bond motifs is 1. The van der Waals surface area contributed by atoms with Crippen LogP contribution in [-0.4, -0.2) is 33.5 Å². The van der Waals surface area contributed by atoms with Crippen LogP contribution in [0.15, 0.2) is 24.5 Å². The Morgan fingerprint density at radius 1 is 1.24 bits per heavy atom. The van der Waals surface area contributed by atoms with E-state index in [-0.39, 0.29) is 34.6 Å². The molecule has 0 unspecified atom stereocenters. The summed E-state index contributed by atoms with van der Waals surface area (Å²) in [6.45, 7) is 8.42. The molecule has 2 saturated carbocycles. The number of nitrogens with one attached hydrogen (secondary N) is 2. The number of amides is 2. The molecule has 2 amide bonds. The second kappa shape index (κ2) is 8.05. The Balaban J connectivity index is 1.73. The van der Waals surface area contributed by atoms with Gasteiger partial charge in [-0.2, -0.15) is 0 Å². The number of carbonyl (C=O) groups is 2. The first-order valence-electron chi connectivity index (χ1n) is 10.7. The molecule has 29 heavy (non-hydrogen) atoms. The summed E-state index contributed by atoms with van der Waals surface area (Å²) >= 11 is 0. The van der Waals surface area contributed by atoms with Gasteiger partial charge < -0.3 is 15.7 Å². The third-order valence-corrected chi connectivity index (χ3v) is 7.24. The summed E-state index contributed by atoms with van der Waals surface area (Å²) in [5, 5.41) is 16.9. The van der Waals surface area contributed by atoms with E-state index >= 15 is 0 Å². The molecule has 4 atom stereocenters. The van der Waals surface area contributed by atoms with Crippen LogP contribution < -0.4 is 10.6 Å². The monoisotopic (exact) mass is 401 g/mol. The number of carbonyl (C=O) groups excluding carboxylic acids is 2. The van der Waals surface area contributed by atoms with Crippen LogP contribution >= 0.6 is 0 Å². The lowest BCUT2D eigenvalue weighted by Gasteiger charge is -2.50.